The monoisotopic (exact) mass is 710 g/mol. The number of carbonyl (C=O) groups excluding carboxylic acids is 4. The smallest absolute Gasteiger partial charge is 0.330 e. The van der Waals surface area contributed by atoms with E-state index in [1.54, 1.807) is 0 Å². The second kappa shape index (κ2) is 23.9. The van der Waals surface area contributed by atoms with Crippen LogP contribution in [0.3, 0.4) is 0 Å². The number of halogens is 1. The molecule has 0 N–H and O–H groups in total. The summed E-state index contributed by atoms with van der Waals surface area (Å²) in [4.78, 5) is 48.0. The molecule has 3 atom stereocenters. The highest BCUT2D eigenvalue weighted by atomic mass is 35.5. The summed E-state index contributed by atoms with van der Waals surface area (Å²) in [6.07, 6.45) is 17.9. The predicted molar refractivity (Wildman–Crippen MR) is 186 cm³/mol. The highest BCUT2D eigenvalue weighted by Gasteiger charge is 2.37. The van der Waals surface area contributed by atoms with E-state index in [-0.39, 0.29) is 65.5 Å². The standard InChI is InChI=1S/C38H59ClO10/c1-3-35(40)46-25-11-7-5-9-23-44-30-17-13-28(14-18-30)37(42)48-32-21-22-34(33(39)27-32)49-38(43)29-15-19-31(20-16-29)45-24-10-6-8-12-26-47-36(41)4-2/h3-4,28-34H,1-2,5-27H2. The molecule has 0 aromatic rings. The van der Waals surface area contributed by atoms with E-state index in [2.05, 4.69) is 13.2 Å². The summed E-state index contributed by atoms with van der Waals surface area (Å²) in [5.41, 5.74) is 0. The van der Waals surface area contributed by atoms with Crippen LogP contribution >= 0.6 is 11.6 Å². The zero-order valence-corrected chi connectivity index (χ0v) is 30.1. The second-order valence-electron chi connectivity index (χ2n) is 13.6. The van der Waals surface area contributed by atoms with E-state index >= 15 is 0 Å². The maximum atomic E-state index is 13.0. The first-order chi connectivity index (χ1) is 23.8. The topological polar surface area (TPSA) is 124 Å². The van der Waals surface area contributed by atoms with Gasteiger partial charge >= 0.3 is 23.9 Å². The summed E-state index contributed by atoms with van der Waals surface area (Å²) in [5, 5.41) is -0.379. The lowest BCUT2D eigenvalue weighted by atomic mass is 9.87. The zero-order valence-electron chi connectivity index (χ0n) is 29.3. The third kappa shape index (κ3) is 16.4. The first kappa shape index (κ1) is 41.0. The summed E-state index contributed by atoms with van der Waals surface area (Å²) in [6, 6.07) is 0. The molecule has 10 nitrogen and oxygen atoms in total. The fraction of sp³-hybridized carbons (Fsp3) is 0.789. The fourth-order valence-electron chi connectivity index (χ4n) is 6.81. The summed E-state index contributed by atoms with van der Waals surface area (Å²) in [7, 11) is 0. The predicted octanol–water partition coefficient (Wildman–Crippen LogP) is 7.33. The van der Waals surface area contributed by atoms with Crippen molar-refractivity contribution >= 4 is 35.5 Å². The van der Waals surface area contributed by atoms with Gasteiger partial charge in [0.25, 0.3) is 0 Å². The molecule has 278 valence electrons. The molecular weight excluding hydrogens is 652 g/mol. The average Bonchev–Trinajstić information content (AvgIpc) is 3.11. The number of rotatable bonds is 22. The van der Waals surface area contributed by atoms with Gasteiger partial charge in [-0.2, -0.15) is 0 Å². The Morgan fingerprint density at radius 3 is 1.37 bits per heavy atom. The number of esters is 4. The quantitative estimate of drug-likeness (QED) is 0.0371. The van der Waals surface area contributed by atoms with Crippen molar-refractivity contribution in [3.05, 3.63) is 25.3 Å². The molecule has 3 unspecified atom stereocenters. The molecule has 0 aromatic heterocycles. The van der Waals surface area contributed by atoms with Crippen LogP contribution in [0.25, 0.3) is 0 Å². The molecule has 3 aliphatic rings. The molecule has 0 heterocycles. The van der Waals surface area contributed by atoms with Crippen molar-refractivity contribution in [1.29, 1.82) is 0 Å². The zero-order chi connectivity index (χ0) is 35.3. The average molecular weight is 711 g/mol. The highest BCUT2D eigenvalue weighted by molar-refractivity contribution is 6.21. The Morgan fingerprint density at radius 1 is 0.531 bits per heavy atom. The van der Waals surface area contributed by atoms with E-state index < -0.39 is 0 Å². The molecule has 49 heavy (non-hydrogen) atoms. The van der Waals surface area contributed by atoms with Gasteiger partial charge in [0, 0.05) is 31.8 Å². The maximum Gasteiger partial charge on any atom is 0.330 e. The summed E-state index contributed by atoms with van der Waals surface area (Å²) in [5.74, 6) is -1.32. The van der Waals surface area contributed by atoms with Crippen LogP contribution in [0, 0.1) is 11.8 Å². The Balaban J connectivity index is 1.19. The minimum absolute atomic E-state index is 0.109. The molecular formula is C38H59ClO10. The van der Waals surface area contributed by atoms with Gasteiger partial charge in [0.05, 0.1) is 42.6 Å². The van der Waals surface area contributed by atoms with E-state index in [0.717, 1.165) is 103 Å². The van der Waals surface area contributed by atoms with Crippen LogP contribution in [0.15, 0.2) is 25.3 Å². The maximum absolute atomic E-state index is 13.0. The first-order valence-corrected chi connectivity index (χ1v) is 19.1. The molecule has 0 saturated heterocycles. The van der Waals surface area contributed by atoms with Gasteiger partial charge < -0.3 is 28.4 Å². The summed E-state index contributed by atoms with van der Waals surface area (Å²) in [6.45, 7) is 9.01. The number of unbranched alkanes of at least 4 members (excludes halogenated alkanes) is 6. The normalized spacial score (nSPS) is 27.0. The van der Waals surface area contributed by atoms with Crippen molar-refractivity contribution in [1.82, 2.24) is 0 Å². The third-order valence-corrected chi connectivity index (χ3v) is 10.3. The molecule has 0 amide bonds. The van der Waals surface area contributed by atoms with E-state index in [1.807, 2.05) is 0 Å². The summed E-state index contributed by atoms with van der Waals surface area (Å²) >= 11 is 6.66. The highest BCUT2D eigenvalue weighted by Crippen LogP contribution is 2.34. The number of hydrogen-bond donors (Lipinski definition) is 0. The third-order valence-electron chi connectivity index (χ3n) is 9.84. The van der Waals surface area contributed by atoms with Gasteiger partial charge in [0.2, 0.25) is 0 Å². The Labute approximate surface area is 297 Å². The molecule has 0 radical (unpaired) electrons. The molecule has 0 spiro atoms. The van der Waals surface area contributed by atoms with E-state index in [4.69, 9.17) is 40.0 Å². The molecule has 0 bridgehead atoms. The molecule has 3 fully saturated rings. The van der Waals surface area contributed by atoms with E-state index in [0.29, 0.717) is 45.7 Å². The number of carbonyl (C=O) groups is 4. The van der Waals surface area contributed by atoms with Gasteiger partial charge in [-0.1, -0.05) is 26.0 Å². The van der Waals surface area contributed by atoms with Crippen molar-refractivity contribution in [3.63, 3.8) is 0 Å². The molecule has 0 aliphatic heterocycles. The minimum Gasteiger partial charge on any atom is -0.463 e. The molecule has 3 rings (SSSR count). The molecule has 11 heteroatoms. The van der Waals surface area contributed by atoms with Gasteiger partial charge in [0.1, 0.15) is 12.2 Å². The largest absolute Gasteiger partial charge is 0.463 e. The Bertz CT molecular complexity index is 1020. The van der Waals surface area contributed by atoms with Gasteiger partial charge in [-0.05, 0) is 103 Å². The van der Waals surface area contributed by atoms with Gasteiger partial charge in [-0.15, -0.1) is 11.6 Å². The summed E-state index contributed by atoms with van der Waals surface area (Å²) < 4.78 is 33.8. The Hall–Kier alpha value is -2.43. The lowest BCUT2D eigenvalue weighted by molar-refractivity contribution is -0.165. The van der Waals surface area contributed by atoms with Gasteiger partial charge in [-0.3, -0.25) is 9.59 Å². The molecule has 3 saturated carbocycles. The Morgan fingerprint density at radius 2 is 0.939 bits per heavy atom. The van der Waals surface area contributed by atoms with Crippen LogP contribution < -0.4 is 0 Å². The van der Waals surface area contributed by atoms with Crippen molar-refractivity contribution in [2.24, 2.45) is 11.8 Å². The Kier molecular flexibility index (Phi) is 20.0. The SMILES string of the molecule is C=CC(=O)OCCCCCCOC1CCC(C(=O)OC2CCC(OC(=O)C3CCC(OCCCCCCOC(=O)C=C)CC3)C(Cl)C2)CC1. The van der Waals surface area contributed by atoms with Crippen LogP contribution in [0.5, 0.6) is 0 Å². The van der Waals surface area contributed by atoms with Crippen LogP contribution in [0.4, 0.5) is 0 Å². The second-order valence-corrected chi connectivity index (χ2v) is 14.2. The number of ether oxygens (including phenoxy) is 6. The van der Waals surface area contributed by atoms with Gasteiger partial charge in [0.15, 0.2) is 0 Å². The van der Waals surface area contributed by atoms with Crippen molar-refractivity contribution in [2.75, 3.05) is 26.4 Å². The number of hydrogen-bond acceptors (Lipinski definition) is 10. The van der Waals surface area contributed by atoms with Crippen molar-refractivity contribution in [2.45, 2.75) is 152 Å². The van der Waals surface area contributed by atoms with E-state index in [1.165, 1.54) is 12.2 Å². The van der Waals surface area contributed by atoms with Crippen LogP contribution in [-0.2, 0) is 47.6 Å². The molecule has 0 aromatic carbocycles. The minimum atomic E-state index is -0.379. The van der Waals surface area contributed by atoms with Crippen molar-refractivity contribution < 1.29 is 47.6 Å². The van der Waals surface area contributed by atoms with Crippen molar-refractivity contribution in [3.8, 4) is 0 Å². The number of alkyl halides is 1. The molecule has 3 aliphatic carbocycles. The van der Waals surface area contributed by atoms with E-state index in [9.17, 15) is 19.2 Å². The first-order valence-electron chi connectivity index (χ1n) is 18.7. The van der Waals surface area contributed by atoms with Crippen LogP contribution in [0.2, 0.25) is 0 Å². The van der Waals surface area contributed by atoms with Crippen LogP contribution in [-0.4, -0.2) is 80.1 Å². The lowest BCUT2D eigenvalue weighted by Gasteiger charge is -2.35. The fourth-order valence-corrected chi connectivity index (χ4v) is 7.18. The van der Waals surface area contributed by atoms with Gasteiger partial charge in [-0.25, -0.2) is 9.59 Å². The lowest BCUT2D eigenvalue weighted by Crippen LogP contribution is -2.40. The van der Waals surface area contributed by atoms with Crippen LogP contribution in [0.1, 0.15) is 122 Å².